The predicted molar refractivity (Wildman–Crippen MR) is 118 cm³/mol. The molecule has 0 bridgehead atoms. The van der Waals surface area contributed by atoms with Crippen LogP contribution in [-0.2, 0) is 4.79 Å². The van der Waals surface area contributed by atoms with Crippen molar-refractivity contribution in [3.63, 3.8) is 0 Å². The highest BCUT2D eigenvalue weighted by molar-refractivity contribution is 5.97. The fraction of sp³-hybridized carbons (Fsp3) is 0.429. The molecular formula is C21H29N7O2. The van der Waals surface area contributed by atoms with Crippen molar-refractivity contribution in [2.24, 2.45) is 5.73 Å². The SMILES string of the molecule is CNC(=O)C1CCCCN1c1ccc(Nc2ncc(C(N)=O)c(NC(C)C)n2)cc1. The quantitative estimate of drug-likeness (QED) is 0.550. The third-order valence-electron chi connectivity index (χ3n) is 4.99. The maximum atomic E-state index is 12.2. The third kappa shape index (κ3) is 4.97. The number of primary amides is 1. The zero-order valence-electron chi connectivity index (χ0n) is 17.6. The minimum atomic E-state index is -0.582. The minimum absolute atomic E-state index is 0.0463. The van der Waals surface area contributed by atoms with Crippen LogP contribution >= 0.6 is 0 Å². The van der Waals surface area contributed by atoms with Gasteiger partial charge in [-0.3, -0.25) is 9.59 Å². The second kappa shape index (κ2) is 9.43. The monoisotopic (exact) mass is 411 g/mol. The standard InChI is InChI=1S/C21H29N7O2/c1-13(2)25-19-16(18(22)29)12-24-21(27-19)26-14-7-9-15(10-8-14)28-11-5-4-6-17(28)20(30)23-3/h7-10,12-13,17H,4-6,11H2,1-3H3,(H2,22,29)(H,23,30)(H2,24,25,26,27). The van der Waals surface area contributed by atoms with E-state index in [1.165, 1.54) is 6.20 Å². The zero-order chi connectivity index (χ0) is 21.7. The number of piperidine rings is 1. The number of likely N-dealkylation sites (N-methyl/N-ethyl adjacent to an activating group) is 1. The molecule has 0 radical (unpaired) electrons. The summed E-state index contributed by atoms with van der Waals surface area (Å²) in [6.07, 6.45) is 4.39. The van der Waals surface area contributed by atoms with Gasteiger partial charge < -0.3 is 26.6 Å². The average molecular weight is 412 g/mol. The first-order chi connectivity index (χ1) is 14.4. The summed E-state index contributed by atoms with van der Waals surface area (Å²) in [4.78, 5) is 34.6. The van der Waals surface area contributed by atoms with Gasteiger partial charge in [-0.2, -0.15) is 4.98 Å². The van der Waals surface area contributed by atoms with Crippen LogP contribution in [0.5, 0.6) is 0 Å². The van der Waals surface area contributed by atoms with Gasteiger partial charge in [0.25, 0.3) is 5.91 Å². The van der Waals surface area contributed by atoms with Crippen LogP contribution < -0.4 is 26.6 Å². The second-order valence-corrected chi connectivity index (χ2v) is 7.61. The Hall–Kier alpha value is -3.36. The maximum absolute atomic E-state index is 12.2. The van der Waals surface area contributed by atoms with E-state index in [1.807, 2.05) is 38.1 Å². The van der Waals surface area contributed by atoms with Gasteiger partial charge in [0.2, 0.25) is 11.9 Å². The highest BCUT2D eigenvalue weighted by Crippen LogP contribution is 2.27. The van der Waals surface area contributed by atoms with Crippen LogP contribution in [0.15, 0.2) is 30.5 Å². The summed E-state index contributed by atoms with van der Waals surface area (Å²) in [5.74, 6) is 0.219. The molecule has 0 spiro atoms. The van der Waals surface area contributed by atoms with Crippen LogP contribution in [0, 0.1) is 0 Å². The largest absolute Gasteiger partial charge is 0.367 e. The lowest BCUT2D eigenvalue weighted by atomic mass is 10.0. The number of nitrogens with zero attached hydrogens (tertiary/aromatic N) is 3. The van der Waals surface area contributed by atoms with Gasteiger partial charge in [0.15, 0.2) is 0 Å². The first-order valence-electron chi connectivity index (χ1n) is 10.2. The van der Waals surface area contributed by atoms with E-state index >= 15 is 0 Å². The van der Waals surface area contributed by atoms with Crippen molar-refractivity contribution < 1.29 is 9.59 Å². The number of amides is 2. The number of benzene rings is 1. The van der Waals surface area contributed by atoms with E-state index in [0.717, 1.165) is 37.2 Å². The van der Waals surface area contributed by atoms with Gasteiger partial charge in [0.05, 0.1) is 5.56 Å². The molecule has 2 amide bonds. The highest BCUT2D eigenvalue weighted by Gasteiger charge is 2.28. The zero-order valence-corrected chi connectivity index (χ0v) is 17.6. The molecule has 1 aliphatic rings. The normalized spacial score (nSPS) is 16.3. The van der Waals surface area contributed by atoms with Crippen molar-refractivity contribution >= 4 is 35.0 Å². The van der Waals surface area contributed by atoms with Crippen molar-refractivity contribution in [3.05, 3.63) is 36.0 Å². The molecule has 0 aliphatic carbocycles. The fourth-order valence-electron chi connectivity index (χ4n) is 3.55. The predicted octanol–water partition coefficient (Wildman–Crippen LogP) is 2.24. The van der Waals surface area contributed by atoms with Crippen LogP contribution in [0.1, 0.15) is 43.5 Å². The lowest BCUT2D eigenvalue weighted by Gasteiger charge is -2.36. The maximum Gasteiger partial charge on any atom is 0.254 e. The Morgan fingerprint density at radius 2 is 1.93 bits per heavy atom. The van der Waals surface area contributed by atoms with Crippen LogP contribution in [0.25, 0.3) is 0 Å². The first-order valence-corrected chi connectivity index (χ1v) is 10.2. The van der Waals surface area contributed by atoms with E-state index in [2.05, 4.69) is 30.8 Å². The first kappa shape index (κ1) is 21.4. The summed E-state index contributed by atoms with van der Waals surface area (Å²) in [5.41, 5.74) is 7.46. The molecule has 1 aromatic carbocycles. The van der Waals surface area contributed by atoms with Gasteiger partial charge in [-0.05, 0) is 57.4 Å². The molecule has 1 aromatic heterocycles. The topological polar surface area (TPSA) is 125 Å². The van der Waals surface area contributed by atoms with Crippen LogP contribution in [0.4, 0.5) is 23.1 Å². The van der Waals surface area contributed by atoms with Gasteiger partial charge in [-0.15, -0.1) is 0 Å². The van der Waals surface area contributed by atoms with E-state index in [-0.39, 0.29) is 23.6 Å². The Morgan fingerprint density at radius 3 is 2.57 bits per heavy atom. The molecule has 1 fully saturated rings. The summed E-state index contributed by atoms with van der Waals surface area (Å²) < 4.78 is 0. The van der Waals surface area contributed by atoms with E-state index in [1.54, 1.807) is 7.05 Å². The molecule has 1 aliphatic heterocycles. The second-order valence-electron chi connectivity index (χ2n) is 7.61. The number of rotatable bonds is 7. The molecule has 9 nitrogen and oxygen atoms in total. The van der Waals surface area contributed by atoms with Crippen molar-refractivity contribution in [2.75, 3.05) is 29.1 Å². The summed E-state index contributed by atoms with van der Waals surface area (Å²) in [6, 6.07) is 7.75. The molecule has 9 heteroatoms. The van der Waals surface area contributed by atoms with Crippen LogP contribution in [0.2, 0.25) is 0 Å². The smallest absolute Gasteiger partial charge is 0.254 e. The summed E-state index contributed by atoms with van der Waals surface area (Å²) in [7, 11) is 1.67. The molecule has 3 rings (SSSR count). The number of nitrogens with two attached hydrogens (primary N) is 1. The number of hydrogen-bond acceptors (Lipinski definition) is 7. The van der Waals surface area contributed by atoms with Crippen molar-refractivity contribution in [2.45, 2.75) is 45.2 Å². The molecule has 30 heavy (non-hydrogen) atoms. The van der Waals surface area contributed by atoms with Gasteiger partial charge in [0.1, 0.15) is 11.9 Å². The average Bonchev–Trinajstić information content (AvgIpc) is 2.73. The van der Waals surface area contributed by atoms with Crippen LogP contribution in [0.3, 0.4) is 0 Å². The number of anilines is 4. The summed E-state index contributed by atoms with van der Waals surface area (Å²) in [5, 5.41) is 9.03. The Kier molecular flexibility index (Phi) is 6.71. The molecule has 1 saturated heterocycles. The lowest BCUT2D eigenvalue weighted by Crippen LogP contribution is -2.48. The molecule has 1 unspecified atom stereocenters. The number of aromatic nitrogens is 2. The summed E-state index contributed by atoms with van der Waals surface area (Å²) in [6.45, 7) is 4.75. The molecule has 5 N–H and O–H groups in total. The van der Waals surface area contributed by atoms with Crippen LogP contribution in [-0.4, -0.2) is 47.5 Å². The minimum Gasteiger partial charge on any atom is -0.367 e. The van der Waals surface area contributed by atoms with E-state index in [0.29, 0.717) is 11.8 Å². The Labute approximate surface area is 176 Å². The number of carbonyl (C=O) groups excluding carboxylic acids is 2. The number of hydrogen-bond donors (Lipinski definition) is 4. The Morgan fingerprint density at radius 1 is 1.20 bits per heavy atom. The van der Waals surface area contributed by atoms with Crippen molar-refractivity contribution in [1.29, 1.82) is 0 Å². The van der Waals surface area contributed by atoms with Gasteiger partial charge in [-0.1, -0.05) is 0 Å². The van der Waals surface area contributed by atoms with Crippen molar-refractivity contribution in [3.8, 4) is 0 Å². The molecule has 2 aromatic rings. The van der Waals surface area contributed by atoms with Gasteiger partial charge in [-0.25, -0.2) is 4.98 Å². The van der Waals surface area contributed by atoms with E-state index in [9.17, 15) is 9.59 Å². The Balaban J connectivity index is 1.77. The van der Waals surface area contributed by atoms with Crippen molar-refractivity contribution in [1.82, 2.24) is 15.3 Å². The molecule has 160 valence electrons. The molecule has 1 atom stereocenters. The van der Waals surface area contributed by atoms with Gasteiger partial charge >= 0.3 is 0 Å². The highest BCUT2D eigenvalue weighted by atomic mass is 16.2. The molecule has 2 heterocycles. The summed E-state index contributed by atoms with van der Waals surface area (Å²) >= 11 is 0. The number of nitrogens with one attached hydrogen (secondary N) is 3. The van der Waals surface area contributed by atoms with Gasteiger partial charge in [0, 0.05) is 37.2 Å². The third-order valence-corrected chi connectivity index (χ3v) is 4.99. The Bertz CT molecular complexity index is 899. The molecule has 0 saturated carbocycles. The number of carbonyl (C=O) groups is 2. The van der Waals surface area contributed by atoms with E-state index < -0.39 is 5.91 Å². The van der Waals surface area contributed by atoms with E-state index in [4.69, 9.17) is 5.73 Å². The lowest BCUT2D eigenvalue weighted by molar-refractivity contribution is -0.122. The fourth-order valence-corrected chi connectivity index (χ4v) is 3.55. The molecular weight excluding hydrogens is 382 g/mol.